The third-order valence-corrected chi connectivity index (χ3v) is 4.99. The van der Waals surface area contributed by atoms with Crippen LogP contribution in [0, 0.1) is 12.8 Å². The van der Waals surface area contributed by atoms with E-state index in [4.69, 9.17) is 0 Å². The van der Waals surface area contributed by atoms with Gasteiger partial charge in [0, 0.05) is 24.9 Å². The van der Waals surface area contributed by atoms with Gasteiger partial charge in [-0.25, -0.2) is 8.42 Å². The zero-order valence-corrected chi connectivity index (χ0v) is 12.7. The van der Waals surface area contributed by atoms with Crippen molar-refractivity contribution in [3.63, 3.8) is 0 Å². The minimum absolute atomic E-state index is 0.0350. The topological polar surface area (TPSA) is 54.5 Å². The van der Waals surface area contributed by atoms with Crippen LogP contribution >= 0.6 is 12.6 Å². The van der Waals surface area contributed by atoms with E-state index in [0.29, 0.717) is 24.4 Å². The number of rotatable bonds is 3. The number of hydrogen-bond acceptors (Lipinski definition) is 4. The van der Waals surface area contributed by atoms with Gasteiger partial charge in [0.25, 0.3) is 0 Å². The van der Waals surface area contributed by atoms with Gasteiger partial charge in [0.1, 0.15) is 0 Å². The summed E-state index contributed by atoms with van der Waals surface area (Å²) in [7, 11) is -3.26. The molecule has 0 bridgehead atoms. The molecule has 0 radical (unpaired) electrons. The minimum atomic E-state index is -3.26. The molecule has 0 saturated carbocycles. The Bertz CT molecular complexity index is 610. The largest absolute Gasteiger partial charge is 0.312 e. The van der Waals surface area contributed by atoms with Gasteiger partial charge in [-0.05, 0) is 36.3 Å². The average molecular weight is 299 g/mol. The number of thiol groups is 1. The Morgan fingerprint density at radius 2 is 2.11 bits per heavy atom. The summed E-state index contributed by atoms with van der Waals surface area (Å²) < 4.78 is 23.2. The molecule has 6 heteroatoms. The fourth-order valence-electron chi connectivity index (χ4n) is 2.25. The summed E-state index contributed by atoms with van der Waals surface area (Å²) >= 11 is 4.23. The molecule has 2 rings (SSSR count). The summed E-state index contributed by atoms with van der Waals surface area (Å²) in [4.78, 5) is 13.9. The molecule has 0 N–H and O–H groups in total. The Morgan fingerprint density at radius 1 is 1.42 bits per heavy atom. The molecule has 1 aromatic carbocycles. The summed E-state index contributed by atoms with van der Waals surface area (Å²) in [6, 6.07) is 4.90. The number of hydrogen-bond donors (Lipinski definition) is 1. The molecule has 0 aliphatic carbocycles. The Labute approximate surface area is 119 Å². The molecule has 19 heavy (non-hydrogen) atoms. The molecule has 4 nitrogen and oxygen atoms in total. The van der Waals surface area contributed by atoms with Crippen molar-refractivity contribution in [1.82, 2.24) is 0 Å². The van der Waals surface area contributed by atoms with Crippen molar-refractivity contribution >= 4 is 34.1 Å². The molecule has 1 fully saturated rings. The van der Waals surface area contributed by atoms with E-state index in [1.807, 2.05) is 6.92 Å². The zero-order chi connectivity index (χ0) is 14.2. The highest BCUT2D eigenvalue weighted by atomic mass is 32.2. The molecule has 1 saturated heterocycles. The monoisotopic (exact) mass is 299 g/mol. The summed E-state index contributed by atoms with van der Waals surface area (Å²) in [5.41, 5.74) is 1.60. The average Bonchev–Trinajstić information content (AvgIpc) is 2.69. The maximum atomic E-state index is 12.0. The Kier molecular flexibility index (Phi) is 3.92. The van der Waals surface area contributed by atoms with Gasteiger partial charge in [0.2, 0.25) is 5.91 Å². The first kappa shape index (κ1) is 14.4. The maximum absolute atomic E-state index is 12.0. The highest BCUT2D eigenvalue weighted by Crippen LogP contribution is 2.30. The minimum Gasteiger partial charge on any atom is -0.312 e. The summed E-state index contributed by atoms with van der Waals surface area (Å²) in [6.45, 7) is 2.49. The van der Waals surface area contributed by atoms with Crippen molar-refractivity contribution < 1.29 is 13.2 Å². The second-order valence-corrected chi connectivity index (χ2v) is 7.36. The predicted molar refractivity (Wildman–Crippen MR) is 78.6 cm³/mol. The van der Waals surface area contributed by atoms with Crippen LogP contribution in [0.15, 0.2) is 23.1 Å². The molecule has 1 aliphatic rings. The number of benzene rings is 1. The Hall–Kier alpha value is -1.01. The van der Waals surface area contributed by atoms with Gasteiger partial charge in [-0.3, -0.25) is 4.79 Å². The molecule has 1 amide bonds. The number of aryl methyl sites for hydroxylation is 1. The number of amides is 1. The van der Waals surface area contributed by atoms with Crippen LogP contribution in [0.2, 0.25) is 0 Å². The second kappa shape index (κ2) is 5.17. The highest BCUT2D eigenvalue weighted by Gasteiger charge is 2.30. The second-order valence-electron chi connectivity index (χ2n) is 4.98. The lowest BCUT2D eigenvalue weighted by molar-refractivity contribution is -0.117. The number of carbonyl (C=O) groups is 1. The summed E-state index contributed by atoms with van der Waals surface area (Å²) in [5.74, 6) is 0.928. The van der Waals surface area contributed by atoms with E-state index in [1.165, 1.54) is 6.26 Å². The Morgan fingerprint density at radius 3 is 2.63 bits per heavy atom. The molecule has 1 aliphatic heterocycles. The maximum Gasteiger partial charge on any atom is 0.227 e. The van der Waals surface area contributed by atoms with Crippen LogP contribution in [-0.2, 0) is 14.6 Å². The highest BCUT2D eigenvalue weighted by molar-refractivity contribution is 7.90. The molecule has 1 unspecified atom stereocenters. The first-order valence-corrected chi connectivity index (χ1v) is 8.57. The van der Waals surface area contributed by atoms with Gasteiger partial charge in [-0.1, -0.05) is 6.07 Å². The van der Waals surface area contributed by atoms with Crippen LogP contribution in [0.4, 0.5) is 5.69 Å². The van der Waals surface area contributed by atoms with E-state index < -0.39 is 9.84 Å². The molecule has 0 aromatic heterocycles. The predicted octanol–water partition coefficient (Wildman–Crippen LogP) is 1.68. The van der Waals surface area contributed by atoms with Crippen LogP contribution in [-0.4, -0.2) is 32.9 Å². The zero-order valence-electron chi connectivity index (χ0n) is 11.0. The van der Waals surface area contributed by atoms with Gasteiger partial charge in [-0.2, -0.15) is 12.6 Å². The standard InChI is InChI=1S/C13H17NO3S2/c1-9-3-4-11(19(2,16)17)6-12(9)14-7-10(8-18)5-13(14)15/h3-4,6,10,18H,5,7-8H2,1-2H3. The molecule has 104 valence electrons. The van der Waals surface area contributed by atoms with Gasteiger partial charge < -0.3 is 4.90 Å². The number of carbonyl (C=O) groups excluding carboxylic acids is 1. The van der Waals surface area contributed by atoms with Crippen molar-refractivity contribution in [1.29, 1.82) is 0 Å². The SMILES string of the molecule is Cc1ccc(S(C)(=O)=O)cc1N1CC(CS)CC1=O. The van der Waals surface area contributed by atoms with Gasteiger partial charge in [0.05, 0.1) is 4.90 Å². The lowest BCUT2D eigenvalue weighted by Gasteiger charge is -2.19. The lowest BCUT2D eigenvalue weighted by Crippen LogP contribution is -2.25. The van der Waals surface area contributed by atoms with Crippen LogP contribution < -0.4 is 4.90 Å². The van der Waals surface area contributed by atoms with Gasteiger partial charge >= 0.3 is 0 Å². The van der Waals surface area contributed by atoms with E-state index in [-0.39, 0.29) is 16.7 Å². The normalized spacial score (nSPS) is 20.1. The number of nitrogens with zero attached hydrogens (tertiary/aromatic N) is 1. The van der Waals surface area contributed by atoms with Crippen LogP contribution in [0.3, 0.4) is 0 Å². The summed E-state index contributed by atoms with van der Waals surface area (Å²) in [5, 5.41) is 0. The lowest BCUT2D eigenvalue weighted by atomic mass is 10.1. The molecule has 0 spiro atoms. The van der Waals surface area contributed by atoms with E-state index in [2.05, 4.69) is 12.6 Å². The van der Waals surface area contributed by atoms with Crippen molar-refractivity contribution in [2.24, 2.45) is 5.92 Å². The van der Waals surface area contributed by atoms with Crippen molar-refractivity contribution in [2.45, 2.75) is 18.2 Å². The van der Waals surface area contributed by atoms with E-state index >= 15 is 0 Å². The first-order chi connectivity index (χ1) is 8.82. The fraction of sp³-hybridized carbons (Fsp3) is 0.462. The third-order valence-electron chi connectivity index (χ3n) is 3.36. The quantitative estimate of drug-likeness (QED) is 0.864. The smallest absolute Gasteiger partial charge is 0.227 e. The Balaban J connectivity index is 2.42. The van der Waals surface area contributed by atoms with Crippen molar-refractivity contribution in [3.8, 4) is 0 Å². The van der Waals surface area contributed by atoms with Gasteiger partial charge in [-0.15, -0.1) is 0 Å². The molecule has 1 aromatic rings. The van der Waals surface area contributed by atoms with E-state index in [1.54, 1.807) is 23.1 Å². The fourth-order valence-corrected chi connectivity index (χ4v) is 3.13. The van der Waals surface area contributed by atoms with E-state index in [0.717, 1.165) is 5.56 Å². The van der Waals surface area contributed by atoms with E-state index in [9.17, 15) is 13.2 Å². The molecular weight excluding hydrogens is 282 g/mol. The third kappa shape index (κ3) is 2.95. The van der Waals surface area contributed by atoms with Crippen molar-refractivity contribution in [2.75, 3.05) is 23.5 Å². The number of anilines is 1. The van der Waals surface area contributed by atoms with Gasteiger partial charge in [0.15, 0.2) is 9.84 Å². The van der Waals surface area contributed by atoms with Crippen LogP contribution in [0.5, 0.6) is 0 Å². The molecule has 1 heterocycles. The number of sulfone groups is 1. The summed E-state index contributed by atoms with van der Waals surface area (Å²) in [6.07, 6.45) is 1.65. The van der Waals surface area contributed by atoms with Crippen LogP contribution in [0.1, 0.15) is 12.0 Å². The first-order valence-electron chi connectivity index (χ1n) is 6.05. The van der Waals surface area contributed by atoms with Crippen molar-refractivity contribution in [3.05, 3.63) is 23.8 Å². The molecular formula is C13H17NO3S2. The van der Waals surface area contributed by atoms with Crippen LogP contribution in [0.25, 0.3) is 0 Å². The molecule has 1 atom stereocenters.